The van der Waals surface area contributed by atoms with Crippen LogP contribution in [0.25, 0.3) is 0 Å². The van der Waals surface area contributed by atoms with Crippen LogP contribution in [0, 0.1) is 0 Å². The fourth-order valence-corrected chi connectivity index (χ4v) is 2.88. The fraction of sp³-hybridized carbons (Fsp3) is 0.571. The van der Waals surface area contributed by atoms with Gasteiger partial charge in [-0.2, -0.15) is 8.42 Å². The third-order valence-corrected chi connectivity index (χ3v) is 4.36. The fourth-order valence-electron chi connectivity index (χ4n) is 2.05. The molecule has 5 nitrogen and oxygen atoms in total. The van der Waals surface area contributed by atoms with Gasteiger partial charge in [0.25, 0.3) is 10.1 Å². The summed E-state index contributed by atoms with van der Waals surface area (Å²) in [5.41, 5.74) is 0.901. The average Bonchev–Trinajstić information content (AvgIpc) is 2.47. The van der Waals surface area contributed by atoms with Crippen molar-refractivity contribution >= 4 is 15.8 Å². The van der Waals surface area contributed by atoms with Crippen molar-refractivity contribution in [1.29, 1.82) is 0 Å². The summed E-state index contributed by atoms with van der Waals surface area (Å²) < 4.78 is 33.9. The normalized spacial score (nSPS) is 19.7. The smallest absolute Gasteiger partial charge is 0.269 e. The minimum absolute atomic E-state index is 0.0470. The zero-order valence-corrected chi connectivity index (χ0v) is 12.3. The summed E-state index contributed by atoms with van der Waals surface area (Å²) in [4.78, 5) is 0. The molecule has 0 saturated carbocycles. The monoisotopic (exact) mass is 299 g/mol. The molecular weight excluding hydrogens is 278 g/mol. The van der Waals surface area contributed by atoms with Gasteiger partial charge in [-0.3, -0.25) is 4.18 Å². The zero-order chi connectivity index (χ0) is 14.3. The van der Waals surface area contributed by atoms with Gasteiger partial charge >= 0.3 is 0 Å². The Kier molecular flexibility index (Phi) is 5.82. The number of hydrogen-bond acceptors (Lipinski definition) is 5. The van der Waals surface area contributed by atoms with Gasteiger partial charge in [0.1, 0.15) is 0 Å². The minimum atomic E-state index is -3.49. The number of nitrogens with one attached hydrogen (secondary N) is 1. The highest BCUT2D eigenvalue weighted by atomic mass is 32.2. The first kappa shape index (κ1) is 15.3. The highest BCUT2D eigenvalue weighted by Gasteiger charge is 2.18. The Labute approximate surface area is 120 Å². The molecule has 20 heavy (non-hydrogen) atoms. The molecule has 0 aromatic heterocycles. The van der Waals surface area contributed by atoms with Crippen LogP contribution in [0.4, 0.5) is 5.69 Å². The average molecular weight is 299 g/mol. The Hall–Kier alpha value is -1.11. The Morgan fingerprint density at radius 1 is 1.25 bits per heavy atom. The van der Waals surface area contributed by atoms with E-state index in [9.17, 15) is 8.42 Å². The lowest BCUT2D eigenvalue weighted by atomic mass is 10.1. The molecule has 0 spiro atoms. The first-order chi connectivity index (χ1) is 9.66. The number of anilines is 1. The molecule has 0 radical (unpaired) electrons. The quantitative estimate of drug-likeness (QED) is 0.780. The second-order valence-electron chi connectivity index (χ2n) is 4.83. The van der Waals surface area contributed by atoms with E-state index in [-0.39, 0.29) is 18.5 Å². The van der Waals surface area contributed by atoms with Crippen LogP contribution in [0.5, 0.6) is 0 Å². The van der Waals surface area contributed by atoms with Crippen molar-refractivity contribution in [2.24, 2.45) is 0 Å². The zero-order valence-electron chi connectivity index (χ0n) is 11.5. The summed E-state index contributed by atoms with van der Waals surface area (Å²) in [5, 5.41) is 3.05. The Morgan fingerprint density at radius 3 is 2.75 bits per heavy atom. The van der Waals surface area contributed by atoms with Crippen molar-refractivity contribution in [1.82, 2.24) is 0 Å². The van der Waals surface area contributed by atoms with E-state index in [0.717, 1.165) is 24.9 Å². The van der Waals surface area contributed by atoms with E-state index in [1.807, 2.05) is 30.3 Å². The summed E-state index contributed by atoms with van der Waals surface area (Å²) in [6.45, 7) is 1.16. The highest BCUT2D eigenvalue weighted by molar-refractivity contribution is 7.86. The number of benzene rings is 1. The van der Waals surface area contributed by atoms with Crippen LogP contribution in [0.2, 0.25) is 0 Å². The Bertz CT molecular complexity index is 483. The van der Waals surface area contributed by atoms with E-state index in [4.69, 9.17) is 8.92 Å². The number of rotatable bonds is 7. The molecule has 1 aliphatic rings. The molecule has 1 heterocycles. The first-order valence-corrected chi connectivity index (χ1v) is 8.51. The molecule has 1 aromatic carbocycles. The standard InChI is InChI=1S/C14H21NO4S/c16-20(17,19-12-14-8-4-5-10-18-14)11-9-15-13-6-2-1-3-7-13/h1-3,6-7,14-15H,4-5,8-12H2. The van der Waals surface area contributed by atoms with E-state index in [2.05, 4.69) is 5.32 Å². The first-order valence-electron chi connectivity index (χ1n) is 6.93. The van der Waals surface area contributed by atoms with Crippen LogP contribution >= 0.6 is 0 Å². The van der Waals surface area contributed by atoms with E-state index in [0.29, 0.717) is 13.2 Å². The molecule has 1 fully saturated rings. The number of hydrogen-bond donors (Lipinski definition) is 1. The maximum Gasteiger partial charge on any atom is 0.269 e. The van der Waals surface area contributed by atoms with Crippen LogP contribution in [0.1, 0.15) is 19.3 Å². The van der Waals surface area contributed by atoms with Gasteiger partial charge in [-0.1, -0.05) is 18.2 Å². The predicted octanol–water partition coefficient (Wildman–Crippen LogP) is 2.01. The molecule has 1 aromatic rings. The van der Waals surface area contributed by atoms with Gasteiger partial charge in [0.05, 0.1) is 18.5 Å². The summed E-state index contributed by atoms with van der Waals surface area (Å²) in [7, 11) is -3.49. The van der Waals surface area contributed by atoms with Gasteiger partial charge in [-0.25, -0.2) is 0 Å². The molecule has 1 aliphatic heterocycles. The summed E-state index contributed by atoms with van der Waals surface area (Å²) in [5.74, 6) is -0.0470. The SMILES string of the molecule is O=S(=O)(CCNc1ccccc1)OCC1CCCCO1. The van der Waals surface area contributed by atoms with Gasteiger partial charge in [-0.15, -0.1) is 0 Å². The Balaban J connectivity index is 1.68. The van der Waals surface area contributed by atoms with Crippen molar-refractivity contribution in [3.63, 3.8) is 0 Å². The number of ether oxygens (including phenoxy) is 1. The maximum absolute atomic E-state index is 11.7. The molecular formula is C14H21NO4S. The number of para-hydroxylation sites is 1. The molecule has 0 aliphatic carbocycles. The molecule has 1 N–H and O–H groups in total. The van der Waals surface area contributed by atoms with Crippen LogP contribution in [-0.4, -0.2) is 40.0 Å². The van der Waals surface area contributed by atoms with Gasteiger partial charge in [-0.05, 0) is 31.4 Å². The molecule has 1 unspecified atom stereocenters. The molecule has 6 heteroatoms. The maximum atomic E-state index is 11.7. The molecule has 1 saturated heterocycles. The molecule has 0 amide bonds. The van der Waals surface area contributed by atoms with Crippen molar-refractivity contribution < 1.29 is 17.3 Å². The highest BCUT2D eigenvalue weighted by Crippen LogP contribution is 2.13. The second-order valence-corrected chi connectivity index (χ2v) is 6.59. The van der Waals surface area contributed by atoms with E-state index in [1.165, 1.54) is 0 Å². The second kappa shape index (κ2) is 7.61. The van der Waals surface area contributed by atoms with Crippen LogP contribution in [0.3, 0.4) is 0 Å². The summed E-state index contributed by atoms with van der Waals surface area (Å²) >= 11 is 0. The lowest BCUT2D eigenvalue weighted by molar-refractivity contribution is -0.00968. The third kappa shape index (κ3) is 5.48. The van der Waals surface area contributed by atoms with Gasteiger partial charge in [0, 0.05) is 18.8 Å². The molecule has 2 rings (SSSR count). The summed E-state index contributed by atoms with van der Waals surface area (Å²) in [6.07, 6.45) is 2.91. The Morgan fingerprint density at radius 2 is 2.05 bits per heavy atom. The predicted molar refractivity (Wildman–Crippen MR) is 78.3 cm³/mol. The molecule has 1 atom stereocenters. The van der Waals surface area contributed by atoms with Crippen LogP contribution in [-0.2, 0) is 19.0 Å². The van der Waals surface area contributed by atoms with E-state index in [1.54, 1.807) is 0 Å². The third-order valence-electron chi connectivity index (χ3n) is 3.16. The van der Waals surface area contributed by atoms with Crippen molar-refractivity contribution in [2.45, 2.75) is 25.4 Å². The van der Waals surface area contributed by atoms with E-state index < -0.39 is 10.1 Å². The minimum Gasteiger partial charge on any atom is -0.384 e. The van der Waals surface area contributed by atoms with Gasteiger partial charge in [0.15, 0.2) is 0 Å². The summed E-state index contributed by atoms with van der Waals surface area (Å²) in [6, 6.07) is 9.49. The topological polar surface area (TPSA) is 64.6 Å². The van der Waals surface area contributed by atoms with Crippen LogP contribution in [0.15, 0.2) is 30.3 Å². The largest absolute Gasteiger partial charge is 0.384 e. The van der Waals surface area contributed by atoms with Crippen molar-refractivity contribution in [3.05, 3.63) is 30.3 Å². The molecule has 112 valence electrons. The van der Waals surface area contributed by atoms with E-state index >= 15 is 0 Å². The lowest BCUT2D eigenvalue weighted by Gasteiger charge is -2.22. The van der Waals surface area contributed by atoms with Crippen molar-refractivity contribution in [2.75, 3.05) is 30.8 Å². The van der Waals surface area contributed by atoms with Gasteiger partial charge in [0.2, 0.25) is 0 Å². The lowest BCUT2D eigenvalue weighted by Crippen LogP contribution is -2.27. The van der Waals surface area contributed by atoms with Crippen LogP contribution < -0.4 is 5.32 Å². The van der Waals surface area contributed by atoms with Crippen molar-refractivity contribution in [3.8, 4) is 0 Å². The molecule has 0 bridgehead atoms. The van der Waals surface area contributed by atoms with Gasteiger partial charge < -0.3 is 10.1 Å².